The summed E-state index contributed by atoms with van der Waals surface area (Å²) in [6.45, 7) is 0. The highest BCUT2D eigenvalue weighted by Gasteiger charge is 2.29. The number of hydrogen-bond acceptors (Lipinski definition) is 4. The Balaban J connectivity index is 2.19. The first-order valence-corrected chi connectivity index (χ1v) is 6.23. The monoisotopic (exact) mass is 310 g/mol. The third kappa shape index (κ3) is 3.49. The van der Waals surface area contributed by atoms with Gasteiger partial charge in [0.1, 0.15) is 0 Å². The van der Waals surface area contributed by atoms with Crippen molar-refractivity contribution in [3.63, 3.8) is 0 Å². The van der Waals surface area contributed by atoms with Gasteiger partial charge in [-0.3, -0.25) is 0 Å². The Hall–Kier alpha value is -2.70. The van der Waals surface area contributed by atoms with Crippen LogP contribution in [0.15, 0.2) is 42.5 Å². The molecule has 116 valence electrons. The van der Waals surface area contributed by atoms with Crippen LogP contribution in [0.5, 0.6) is 0 Å². The summed E-state index contributed by atoms with van der Waals surface area (Å²) in [6, 6.07) is 9.04. The van der Waals surface area contributed by atoms with Crippen LogP contribution in [-0.2, 0) is 10.9 Å². The van der Waals surface area contributed by atoms with Gasteiger partial charge in [0.2, 0.25) is 0 Å². The molecule has 0 aromatic heterocycles. The molecule has 0 amide bonds. The fraction of sp³-hybridized carbons (Fsp3) is 0.133. The first-order chi connectivity index (χ1) is 10.3. The minimum atomic E-state index is -4.38. The van der Waals surface area contributed by atoms with Gasteiger partial charge < -0.3 is 15.8 Å². The SMILES string of the molecule is COC(=O)c1ccc(Nc2ccc(C(F)(F)F)cc2)c(N)c1. The standard InChI is InChI=1S/C15H13F3N2O2/c1-22-14(21)9-2-7-13(12(19)8-9)20-11-5-3-10(4-6-11)15(16,17)18/h2-8,20H,19H2,1H3. The maximum absolute atomic E-state index is 12.5. The van der Waals surface area contributed by atoms with Crippen molar-refractivity contribution in [1.82, 2.24) is 0 Å². The van der Waals surface area contributed by atoms with Crippen molar-refractivity contribution >= 4 is 23.0 Å². The van der Waals surface area contributed by atoms with Gasteiger partial charge in [-0.25, -0.2) is 4.79 Å². The summed E-state index contributed by atoms with van der Waals surface area (Å²) in [4.78, 5) is 11.4. The van der Waals surface area contributed by atoms with E-state index in [1.54, 1.807) is 6.07 Å². The number of esters is 1. The molecule has 0 fully saturated rings. The number of nitrogen functional groups attached to an aromatic ring is 1. The van der Waals surface area contributed by atoms with E-state index >= 15 is 0 Å². The molecule has 0 aliphatic rings. The number of anilines is 3. The molecule has 0 aliphatic carbocycles. The van der Waals surface area contributed by atoms with Crippen LogP contribution in [0, 0.1) is 0 Å². The van der Waals surface area contributed by atoms with Crippen LogP contribution in [-0.4, -0.2) is 13.1 Å². The van der Waals surface area contributed by atoms with Gasteiger partial charge >= 0.3 is 12.1 Å². The van der Waals surface area contributed by atoms with Crippen molar-refractivity contribution in [2.24, 2.45) is 0 Å². The molecular formula is C15H13F3N2O2. The van der Waals surface area contributed by atoms with Crippen molar-refractivity contribution in [2.75, 3.05) is 18.2 Å². The van der Waals surface area contributed by atoms with Crippen molar-refractivity contribution < 1.29 is 22.7 Å². The highest BCUT2D eigenvalue weighted by atomic mass is 19.4. The largest absolute Gasteiger partial charge is 0.465 e. The molecule has 0 spiro atoms. The molecule has 0 saturated heterocycles. The first-order valence-electron chi connectivity index (χ1n) is 6.23. The van der Waals surface area contributed by atoms with E-state index in [1.165, 1.54) is 31.4 Å². The van der Waals surface area contributed by atoms with E-state index < -0.39 is 17.7 Å². The van der Waals surface area contributed by atoms with Crippen molar-refractivity contribution in [3.05, 3.63) is 53.6 Å². The summed E-state index contributed by atoms with van der Waals surface area (Å²) in [7, 11) is 1.26. The molecular weight excluding hydrogens is 297 g/mol. The zero-order chi connectivity index (χ0) is 16.3. The Morgan fingerprint density at radius 3 is 2.27 bits per heavy atom. The van der Waals surface area contributed by atoms with E-state index in [2.05, 4.69) is 10.1 Å². The maximum Gasteiger partial charge on any atom is 0.416 e. The van der Waals surface area contributed by atoms with E-state index in [0.717, 1.165) is 12.1 Å². The normalized spacial score (nSPS) is 11.1. The summed E-state index contributed by atoms with van der Waals surface area (Å²) >= 11 is 0. The molecule has 0 radical (unpaired) electrons. The third-order valence-corrected chi connectivity index (χ3v) is 2.96. The Morgan fingerprint density at radius 1 is 1.14 bits per heavy atom. The molecule has 0 bridgehead atoms. The fourth-order valence-electron chi connectivity index (χ4n) is 1.82. The zero-order valence-electron chi connectivity index (χ0n) is 11.6. The number of rotatable bonds is 3. The average molecular weight is 310 g/mol. The summed E-state index contributed by atoms with van der Waals surface area (Å²) in [5.41, 5.74) is 6.58. The topological polar surface area (TPSA) is 64.3 Å². The first kappa shape index (κ1) is 15.7. The number of methoxy groups -OCH3 is 1. The number of halogens is 3. The van der Waals surface area contributed by atoms with Crippen LogP contribution in [0.4, 0.5) is 30.2 Å². The zero-order valence-corrected chi connectivity index (χ0v) is 11.6. The second-order valence-corrected chi connectivity index (χ2v) is 4.49. The van der Waals surface area contributed by atoms with E-state index in [9.17, 15) is 18.0 Å². The van der Waals surface area contributed by atoms with Crippen LogP contribution in [0.3, 0.4) is 0 Å². The summed E-state index contributed by atoms with van der Waals surface area (Å²) < 4.78 is 42.0. The van der Waals surface area contributed by atoms with Gasteiger partial charge in [-0.05, 0) is 42.5 Å². The lowest BCUT2D eigenvalue weighted by atomic mass is 10.1. The minimum absolute atomic E-state index is 0.280. The highest BCUT2D eigenvalue weighted by Crippen LogP contribution is 2.31. The number of nitrogens with one attached hydrogen (secondary N) is 1. The van der Waals surface area contributed by atoms with Crippen LogP contribution >= 0.6 is 0 Å². The molecule has 22 heavy (non-hydrogen) atoms. The number of ether oxygens (including phenoxy) is 1. The Morgan fingerprint density at radius 2 is 1.77 bits per heavy atom. The Bertz CT molecular complexity index is 682. The highest BCUT2D eigenvalue weighted by molar-refractivity contribution is 5.92. The number of alkyl halides is 3. The van der Waals surface area contributed by atoms with E-state index in [4.69, 9.17) is 5.73 Å². The summed E-state index contributed by atoms with van der Waals surface area (Å²) in [5, 5.41) is 2.89. The molecule has 3 N–H and O–H groups in total. The summed E-state index contributed by atoms with van der Waals surface area (Å²) in [5.74, 6) is -0.521. The predicted octanol–water partition coefficient (Wildman–Crippen LogP) is 3.82. The molecule has 2 aromatic carbocycles. The molecule has 0 saturated carbocycles. The second-order valence-electron chi connectivity index (χ2n) is 4.49. The van der Waals surface area contributed by atoms with Crippen molar-refractivity contribution in [3.8, 4) is 0 Å². The molecule has 0 unspecified atom stereocenters. The molecule has 2 rings (SSSR count). The molecule has 4 nitrogen and oxygen atoms in total. The number of carbonyl (C=O) groups excluding carboxylic acids is 1. The van der Waals surface area contributed by atoms with Gasteiger partial charge in [-0.2, -0.15) is 13.2 Å². The number of benzene rings is 2. The average Bonchev–Trinajstić information content (AvgIpc) is 2.48. The van der Waals surface area contributed by atoms with Gasteiger partial charge in [0.15, 0.2) is 0 Å². The van der Waals surface area contributed by atoms with E-state index in [0.29, 0.717) is 11.4 Å². The molecule has 0 aliphatic heterocycles. The molecule has 2 aromatic rings. The predicted molar refractivity (Wildman–Crippen MR) is 76.9 cm³/mol. The van der Waals surface area contributed by atoms with Crippen molar-refractivity contribution in [2.45, 2.75) is 6.18 Å². The summed E-state index contributed by atoms with van der Waals surface area (Å²) in [6.07, 6.45) is -4.38. The number of nitrogens with two attached hydrogens (primary N) is 1. The Labute approximate surface area is 124 Å². The lowest BCUT2D eigenvalue weighted by Gasteiger charge is -2.12. The van der Waals surface area contributed by atoms with Gasteiger partial charge in [0.25, 0.3) is 0 Å². The van der Waals surface area contributed by atoms with Crippen molar-refractivity contribution in [1.29, 1.82) is 0 Å². The number of hydrogen-bond donors (Lipinski definition) is 2. The third-order valence-electron chi connectivity index (χ3n) is 2.96. The lowest BCUT2D eigenvalue weighted by Crippen LogP contribution is -2.05. The molecule has 0 heterocycles. The van der Waals surface area contributed by atoms with E-state index in [1.807, 2.05) is 0 Å². The van der Waals surface area contributed by atoms with Gasteiger partial charge in [-0.1, -0.05) is 0 Å². The number of carbonyl (C=O) groups is 1. The minimum Gasteiger partial charge on any atom is -0.465 e. The fourth-order valence-corrected chi connectivity index (χ4v) is 1.82. The lowest BCUT2D eigenvalue weighted by molar-refractivity contribution is -0.137. The van der Waals surface area contributed by atoms with Crippen LogP contribution in [0.1, 0.15) is 15.9 Å². The van der Waals surface area contributed by atoms with Crippen LogP contribution in [0.25, 0.3) is 0 Å². The van der Waals surface area contributed by atoms with Gasteiger partial charge in [-0.15, -0.1) is 0 Å². The van der Waals surface area contributed by atoms with Gasteiger partial charge in [0.05, 0.1) is 29.6 Å². The molecule has 7 heteroatoms. The van der Waals surface area contributed by atoms with Crippen LogP contribution < -0.4 is 11.1 Å². The van der Waals surface area contributed by atoms with Gasteiger partial charge in [0, 0.05) is 5.69 Å². The smallest absolute Gasteiger partial charge is 0.416 e. The second kappa shape index (κ2) is 5.97. The molecule has 0 atom stereocenters. The van der Waals surface area contributed by atoms with E-state index in [-0.39, 0.29) is 11.3 Å². The quantitative estimate of drug-likeness (QED) is 0.668. The van der Waals surface area contributed by atoms with Crippen LogP contribution in [0.2, 0.25) is 0 Å². The Kier molecular flexibility index (Phi) is 4.25. The maximum atomic E-state index is 12.5.